The Balaban J connectivity index is 1.49. The quantitative estimate of drug-likeness (QED) is 0.876. The van der Waals surface area contributed by atoms with E-state index in [1.165, 1.54) is 24.8 Å². The van der Waals surface area contributed by atoms with Crippen LogP contribution in [0.2, 0.25) is 0 Å². The molecule has 1 aromatic carbocycles. The molecule has 0 radical (unpaired) electrons. The van der Waals surface area contributed by atoms with Gasteiger partial charge in [0.15, 0.2) is 0 Å². The van der Waals surface area contributed by atoms with Gasteiger partial charge in [0.05, 0.1) is 13.2 Å². The normalized spacial score (nSPS) is 28.9. The lowest BCUT2D eigenvalue weighted by molar-refractivity contribution is 0.0526. The molecule has 22 heavy (non-hydrogen) atoms. The molecule has 3 unspecified atom stereocenters. The van der Waals surface area contributed by atoms with E-state index in [1.54, 1.807) is 12.1 Å². The van der Waals surface area contributed by atoms with Crippen molar-refractivity contribution in [3.63, 3.8) is 0 Å². The van der Waals surface area contributed by atoms with E-state index in [4.69, 9.17) is 4.74 Å². The molecule has 0 bridgehead atoms. The fourth-order valence-corrected chi connectivity index (χ4v) is 3.92. The zero-order chi connectivity index (χ0) is 15.4. The van der Waals surface area contributed by atoms with Gasteiger partial charge in [0.25, 0.3) is 0 Å². The van der Waals surface area contributed by atoms with Gasteiger partial charge in [-0.05, 0) is 61.9 Å². The largest absolute Gasteiger partial charge is 0.379 e. The second-order valence-corrected chi connectivity index (χ2v) is 6.61. The zero-order valence-corrected chi connectivity index (χ0v) is 13.4. The first-order valence-electron chi connectivity index (χ1n) is 8.53. The first-order chi connectivity index (χ1) is 10.7. The summed E-state index contributed by atoms with van der Waals surface area (Å²) < 4.78 is 18.8. The molecule has 0 spiro atoms. The van der Waals surface area contributed by atoms with Crippen LogP contribution >= 0.6 is 0 Å². The summed E-state index contributed by atoms with van der Waals surface area (Å²) in [4.78, 5) is 0. The van der Waals surface area contributed by atoms with Gasteiger partial charge < -0.3 is 15.4 Å². The molecular weight excluding hydrogens is 279 g/mol. The summed E-state index contributed by atoms with van der Waals surface area (Å²) in [6, 6.07) is 6.18. The second kappa shape index (κ2) is 7.53. The maximum atomic E-state index is 13.1. The number of hydrogen-bond acceptors (Lipinski definition) is 3. The van der Waals surface area contributed by atoms with Gasteiger partial charge in [0, 0.05) is 18.6 Å². The lowest BCUT2D eigenvalue weighted by Gasteiger charge is -2.33. The molecule has 1 heterocycles. The topological polar surface area (TPSA) is 33.3 Å². The highest BCUT2D eigenvalue weighted by Crippen LogP contribution is 2.29. The van der Waals surface area contributed by atoms with Crippen LogP contribution in [0, 0.1) is 18.7 Å². The van der Waals surface area contributed by atoms with E-state index in [2.05, 4.69) is 10.6 Å². The number of hydrogen-bond donors (Lipinski definition) is 2. The van der Waals surface area contributed by atoms with Crippen LogP contribution in [0.25, 0.3) is 0 Å². The molecule has 3 atom stereocenters. The summed E-state index contributed by atoms with van der Waals surface area (Å²) in [6.45, 7) is 5.61. The molecule has 1 aliphatic carbocycles. The van der Waals surface area contributed by atoms with Crippen molar-refractivity contribution in [2.45, 2.75) is 44.7 Å². The summed E-state index contributed by atoms with van der Waals surface area (Å²) in [5.41, 5.74) is 2.29. The fraction of sp³-hybridized carbons (Fsp3) is 0.667. The smallest absolute Gasteiger partial charge is 0.123 e. The summed E-state index contributed by atoms with van der Waals surface area (Å²) in [5.74, 6) is 0.531. The van der Waals surface area contributed by atoms with Gasteiger partial charge in [0.2, 0.25) is 0 Å². The Bertz CT molecular complexity index is 488. The lowest BCUT2D eigenvalue weighted by atomic mass is 9.93. The van der Waals surface area contributed by atoms with Crippen molar-refractivity contribution in [3.05, 3.63) is 35.1 Å². The van der Waals surface area contributed by atoms with E-state index in [0.717, 1.165) is 38.3 Å². The maximum Gasteiger partial charge on any atom is 0.123 e. The number of aryl methyl sites for hydroxylation is 1. The van der Waals surface area contributed by atoms with Gasteiger partial charge in [0.1, 0.15) is 5.82 Å². The molecule has 1 saturated carbocycles. The average molecular weight is 306 g/mol. The SMILES string of the molecule is Cc1cc(F)ccc1CCNC1CCCC1C1COCCN1. The highest BCUT2D eigenvalue weighted by Gasteiger charge is 2.34. The average Bonchev–Trinajstić information content (AvgIpc) is 2.99. The standard InChI is InChI=1S/C18H27FN2O/c1-13-11-15(19)6-5-14(13)7-8-20-17-4-2-3-16(17)18-12-22-10-9-21-18/h5-6,11,16-18,20-21H,2-4,7-10,12H2,1H3. The van der Waals surface area contributed by atoms with Crippen LogP contribution in [0.15, 0.2) is 18.2 Å². The highest BCUT2D eigenvalue weighted by atomic mass is 19.1. The minimum absolute atomic E-state index is 0.145. The van der Waals surface area contributed by atoms with E-state index in [0.29, 0.717) is 18.0 Å². The van der Waals surface area contributed by atoms with Crippen LogP contribution in [0.4, 0.5) is 4.39 Å². The Morgan fingerprint density at radius 1 is 1.36 bits per heavy atom. The molecule has 2 N–H and O–H groups in total. The summed E-state index contributed by atoms with van der Waals surface area (Å²) in [7, 11) is 0. The van der Waals surface area contributed by atoms with Crippen LogP contribution in [-0.2, 0) is 11.2 Å². The molecule has 3 rings (SSSR count). The Hall–Kier alpha value is -0.970. The fourth-order valence-electron chi connectivity index (χ4n) is 3.92. The minimum atomic E-state index is -0.145. The monoisotopic (exact) mass is 306 g/mol. The number of ether oxygens (including phenoxy) is 1. The maximum absolute atomic E-state index is 13.1. The van der Waals surface area contributed by atoms with Crippen molar-refractivity contribution in [2.24, 2.45) is 5.92 Å². The van der Waals surface area contributed by atoms with Crippen molar-refractivity contribution in [1.82, 2.24) is 10.6 Å². The molecule has 2 fully saturated rings. The van der Waals surface area contributed by atoms with Gasteiger partial charge >= 0.3 is 0 Å². The molecule has 0 amide bonds. The Labute approximate surface area is 132 Å². The third-order valence-corrected chi connectivity index (χ3v) is 5.14. The number of halogens is 1. The van der Waals surface area contributed by atoms with Crippen molar-refractivity contribution in [3.8, 4) is 0 Å². The Morgan fingerprint density at radius 2 is 2.27 bits per heavy atom. The molecular formula is C18H27FN2O. The predicted octanol–water partition coefficient (Wildman–Crippen LogP) is 2.42. The van der Waals surface area contributed by atoms with Gasteiger partial charge in [-0.3, -0.25) is 0 Å². The van der Waals surface area contributed by atoms with Crippen molar-refractivity contribution in [1.29, 1.82) is 0 Å². The van der Waals surface area contributed by atoms with Crippen molar-refractivity contribution >= 4 is 0 Å². The van der Waals surface area contributed by atoms with Crippen molar-refractivity contribution < 1.29 is 9.13 Å². The van der Waals surface area contributed by atoms with Crippen LogP contribution in [0.3, 0.4) is 0 Å². The molecule has 1 saturated heterocycles. The first kappa shape index (κ1) is 15.9. The van der Waals surface area contributed by atoms with Gasteiger partial charge in [-0.15, -0.1) is 0 Å². The second-order valence-electron chi connectivity index (χ2n) is 6.61. The van der Waals surface area contributed by atoms with Crippen LogP contribution in [0.1, 0.15) is 30.4 Å². The highest BCUT2D eigenvalue weighted by molar-refractivity contribution is 5.26. The summed E-state index contributed by atoms with van der Waals surface area (Å²) in [5, 5.41) is 7.34. The molecule has 122 valence electrons. The van der Waals surface area contributed by atoms with Crippen molar-refractivity contribution in [2.75, 3.05) is 26.3 Å². The number of morpholine rings is 1. The van der Waals surface area contributed by atoms with E-state index in [9.17, 15) is 4.39 Å². The molecule has 3 nitrogen and oxygen atoms in total. The number of rotatable bonds is 5. The lowest BCUT2D eigenvalue weighted by Crippen LogP contribution is -2.51. The molecule has 2 aliphatic rings. The number of nitrogens with one attached hydrogen (secondary N) is 2. The minimum Gasteiger partial charge on any atom is -0.379 e. The molecule has 4 heteroatoms. The third kappa shape index (κ3) is 3.86. The zero-order valence-electron chi connectivity index (χ0n) is 13.4. The van der Waals surface area contributed by atoms with E-state index >= 15 is 0 Å². The molecule has 1 aliphatic heterocycles. The summed E-state index contributed by atoms with van der Waals surface area (Å²) in [6.07, 6.45) is 4.81. The predicted molar refractivity (Wildman–Crippen MR) is 86.6 cm³/mol. The Morgan fingerprint density at radius 3 is 3.05 bits per heavy atom. The summed E-state index contributed by atoms with van der Waals surface area (Å²) >= 11 is 0. The Kier molecular flexibility index (Phi) is 5.45. The van der Waals surface area contributed by atoms with E-state index < -0.39 is 0 Å². The van der Waals surface area contributed by atoms with Crippen LogP contribution in [-0.4, -0.2) is 38.4 Å². The van der Waals surface area contributed by atoms with E-state index in [1.807, 2.05) is 13.0 Å². The van der Waals surface area contributed by atoms with Crippen LogP contribution < -0.4 is 10.6 Å². The molecule has 1 aromatic rings. The van der Waals surface area contributed by atoms with Crippen LogP contribution in [0.5, 0.6) is 0 Å². The van der Waals surface area contributed by atoms with Gasteiger partial charge in [-0.25, -0.2) is 4.39 Å². The van der Waals surface area contributed by atoms with Gasteiger partial charge in [-0.2, -0.15) is 0 Å². The number of benzene rings is 1. The van der Waals surface area contributed by atoms with Gasteiger partial charge in [-0.1, -0.05) is 12.5 Å². The third-order valence-electron chi connectivity index (χ3n) is 5.14. The van der Waals surface area contributed by atoms with E-state index in [-0.39, 0.29) is 5.82 Å². The first-order valence-corrected chi connectivity index (χ1v) is 8.53. The molecule has 0 aromatic heterocycles.